The van der Waals surface area contributed by atoms with Crippen molar-refractivity contribution in [3.05, 3.63) is 95.6 Å². The summed E-state index contributed by atoms with van der Waals surface area (Å²) in [7, 11) is -2.04. The number of nitrogens with one attached hydrogen (secondary N) is 1. The van der Waals surface area contributed by atoms with Gasteiger partial charge in [0.2, 0.25) is 21.8 Å². The van der Waals surface area contributed by atoms with Gasteiger partial charge < -0.3 is 15.0 Å². The van der Waals surface area contributed by atoms with Crippen molar-refractivity contribution >= 4 is 27.5 Å². The van der Waals surface area contributed by atoms with Crippen molar-refractivity contribution in [3.63, 3.8) is 0 Å². The molecular weight excluding hydrogens is 526 g/mol. The Morgan fingerprint density at radius 2 is 1.62 bits per heavy atom. The summed E-state index contributed by atoms with van der Waals surface area (Å²) in [4.78, 5) is 28.7. The predicted octanol–water partition coefficient (Wildman–Crippen LogP) is 4.33. The van der Waals surface area contributed by atoms with Crippen molar-refractivity contribution in [2.45, 2.75) is 45.7 Å². The van der Waals surface area contributed by atoms with Crippen LogP contribution in [0, 0.1) is 6.92 Å². The molecule has 0 aromatic heterocycles. The first kappa shape index (κ1) is 30.7. The number of benzene rings is 3. The van der Waals surface area contributed by atoms with E-state index in [-0.39, 0.29) is 37.7 Å². The maximum Gasteiger partial charge on any atom is 0.243 e. The van der Waals surface area contributed by atoms with Crippen LogP contribution in [0.5, 0.6) is 5.75 Å². The van der Waals surface area contributed by atoms with Crippen molar-refractivity contribution in [1.82, 2.24) is 10.2 Å². The Hall–Kier alpha value is -3.85. The van der Waals surface area contributed by atoms with Gasteiger partial charge >= 0.3 is 0 Å². The minimum absolute atomic E-state index is 0.0820. The largest absolute Gasteiger partial charge is 0.497 e. The van der Waals surface area contributed by atoms with E-state index in [9.17, 15) is 18.0 Å². The third-order valence-corrected chi connectivity index (χ3v) is 7.76. The zero-order valence-corrected chi connectivity index (χ0v) is 24.5. The average molecular weight is 566 g/mol. The van der Waals surface area contributed by atoms with Crippen molar-refractivity contribution in [2.24, 2.45) is 0 Å². The molecule has 9 heteroatoms. The lowest BCUT2D eigenvalue weighted by Crippen LogP contribution is -2.50. The minimum Gasteiger partial charge on any atom is -0.497 e. The van der Waals surface area contributed by atoms with Crippen LogP contribution in [-0.2, 0) is 32.6 Å². The first-order valence-corrected chi connectivity index (χ1v) is 15.3. The van der Waals surface area contributed by atoms with E-state index in [1.807, 2.05) is 68.4 Å². The molecule has 0 fully saturated rings. The summed E-state index contributed by atoms with van der Waals surface area (Å²) in [5, 5.41) is 2.89. The fourth-order valence-electron chi connectivity index (χ4n) is 4.61. The van der Waals surface area contributed by atoms with E-state index >= 15 is 0 Å². The zero-order chi connectivity index (χ0) is 29.1. The van der Waals surface area contributed by atoms with E-state index in [0.29, 0.717) is 24.4 Å². The van der Waals surface area contributed by atoms with Gasteiger partial charge in [0.25, 0.3) is 0 Å². The Morgan fingerprint density at radius 3 is 2.23 bits per heavy atom. The molecule has 0 aliphatic rings. The van der Waals surface area contributed by atoms with Crippen LogP contribution in [0.15, 0.2) is 78.9 Å². The summed E-state index contributed by atoms with van der Waals surface area (Å²) in [5.74, 6) is 0.189. The maximum absolute atomic E-state index is 13.8. The molecule has 0 aliphatic heterocycles. The van der Waals surface area contributed by atoms with Gasteiger partial charge in [-0.3, -0.25) is 13.9 Å². The van der Waals surface area contributed by atoms with Gasteiger partial charge in [0, 0.05) is 32.5 Å². The molecule has 214 valence electrons. The van der Waals surface area contributed by atoms with E-state index in [0.717, 1.165) is 22.9 Å². The molecule has 40 heavy (non-hydrogen) atoms. The van der Waals surface area contributed by atoms with Gasteiger partial charge in [0.1, 0.15) is 11.8 Å². The molecular formula is C31H39N3O5S. The smallest absolute Gasteiger partial charge is 0.243 e. The van der Waals surface area contributed by atoms with Gasteiger partial charge in [0.05, 0.1) is 19.1 Å². The van der Waals surface area contributed by atoms with Crippen molar-refractivity contribution in [3.8, 4) is 5.75 Å². The zero-order valence-electron chi connectivity index (χ0n) is 23.7. The molecule has 8 nitrogen and oxygen atoms in total. The highest BCUT2D eigenvalue weighted by atomic mass is 32.2. The van der Waals surface area contributed by atoms with E-state index in [1.165, 1.54) is 4.31 Å². The molecule has 1 atom stereocenters. The third-order valence-electron chi connectivity index (χ3n) is 6.57. The lowest BCUT2D eigenvalue weighted by molar-refractivity contribution is -0.141. The molecule has 2 amide bonds. The molecule has 0 bridgehead atoms. The fraction of sp³-hybridized carbons (Fsp3) is 0.355. The summed E-state index contributed by atoms with van der Waals surface area (Å²) in [6.45, 7) is 4.67. The molecule has 0 unspecified atom stereocenters. The lowest BCUT2D eigenvalue weighted by atomic mass is 10.0. The Kier molecular flexibility index (Phi) is 11.1. The lowest BCUT2D eigenvalue weighted by Gasteiger charge is -2.32. The number of ether oxygens (including phenoxy) is 1. The number of carbonyl (C=O) groups excluding carboxylic acids is 2. The Bertz CT molecular complexity index is 1360. The number of sulfonamides is 1. The number of rotatable bonds is 14. The van der Waals surface area contributed by atoms with E-state index in [4.69, 9.17) is 4.74 Å². The molecule has 1 N–H and O–H groups in total. The SMILES string of the molecule is CCNC(=O)[C@H](Cc1ccccc1)N(Cc1cccc(C)c1)C(=O)CCCN(c1ccc(OC)cc1)S(C)(=O)=O. The first-order chi connectivity index (χ1) is 19.1. The van der Waals surface area contributed by atoms with Crippen LogP contribution in [0.3, 0.4) is 0 Å². The number of aryl methyl sites for hydroxylation is 1. The standard InChI is InChI=1S/C31H39N3O5S/c1-5-32-31(36)29(22-25-12-7-6-8-13-25)33(23-26-14-9-11-24(2)21-26)30(35)15-10-20-34(40(4,37)38)27-16-18-28(39-3)19-17-27/h6-9,11-14,16-19,21,29H,5,10,15,20,22-23H2,1-4H3,(H,32,36)/t29-/m0/s1. The number of hydrogen-bond donors (Lipinski definition) is 1. The van der Waals surface area contributed by atoms with Gasteiger partial charge in [-0.2, -0.15) is 0 Å². The second kappa shape index (κ2) is 14.5. The van der Waals surface area contributed by atoms with Crippen molar-refractivity contribution in [1.29, 1.82) is 0 Å². The van der Waals surface area contributed by atoms with Crippen LogP contribution in [0.4, 0.5) is 5.69 Å². The van der Waals surface area contributed by atoms with E-state index in [1.54, 1.807) is 36.3 Å². The van der Waals surface area contributed by atoms with Crippen LogP contribution in [0.25, 0.3) is 0 Å². The predicted molar refractivity (Wildman–Crippen MR) is 159 cm³/mol. The maximum atomic E-state index is 13.8. The Labute approximate surface area is 238 Å². The third kappa shape index (κ3) is 8.84. The van der Waals surface area contributed by atoms with Crippen LogP contribution < -0.4 is 14.4 Å². The molecule has 0 aliphatic carbocycles. The highest BCUT2D eigenvalue weighted by molar-refractivity contribution is 7.92. The number of carbonyl (C=O) groups is 2. The molecule has 0 spiro atoms. The van der Waals surface area contributed by atoms with Gasteiger partial charge in [-0.1, -0.05) is 60.2 Å². The van der Waals surface area contributed by atoms with Gasteiger partial charge in [-0.05, 0) is 55.7 Å². The number of methoxy groups -OCH3 is 1. The molecule has 0 saturated carbocycles. The molecule has 0 heterocycles. The normalized spacial score (nSPS) is 11.9. The Balaban J connectivity index is 1.85. The number of amides is 2. The molecule has 0 radical (unpaired) electrons. The summed E-state index contributed by atoms with van der Waals surface area (Å²) >= 11 is 0. The monoisotopic (exact) mass is 565 g/mol. The van der Waals surface area contributed by atoms with Gasteiger partial charge in [0.15, 0.2) is 0 Å². The second-order valence-electron chi connectivity index (χ2n) is 9.75. The molecule has 3 aromatic carbocycles. The summed E-state index contributed by atoms with van der Waals surface area (Å²) in [6, 6.07) is 23.5. The highest BCUT2D eigenvalue weighted by Gasteiger charge is 2.30. The summed E-state index contributed by atoms with van der Waals surface area (Å²) in [6.07, 6.45) is 1.88. The number of nitrogens with zero attached hydrogens (tertiary/aromatic N) is 2. The quantitative estimate of drug-likeness (QED) is 0.314. The van der Waals surface area contributed by atoms with Crippen molar-refractivity contribution in [2.75, 3.05) is 30.8 Å². The van der Waals surface area contributed by atoms with Crippen molar-refractivity contribution < 1.29 is 22.7 Å². The van der Waals surface area contributed by atoms with E-state index in [2.05, 4.69) is 5.32 Å². The second-order valence-corrected chi connectivity index (χ2v) is 11.7. The van der Waals surface area contributed by atoms with E-state index < -0.39 is 16.1 Å². The number of likely N-dealkylation sites (N-methyl/N-ethyl adjacent to an activating group) is 1. The molecule has 3 aromatic rings. The van der Waals surface area contributed by atoms with Crippen LogP contribution in [0.2, 0.25) is 0 Å². The van der Waals surface area contributed by atoms with Crippen LogP contribution in [0.1, 0.15) is 36.5 Å². The summed E-state index contributed by atoms with van der Waals surface area (Å²) in [5.41, 5.74) is 3.43. The highest BCUT2D eigenvalue weighted by Crippen LogP contribution is 2.23. The average Bonchev–Trinajstić information content (AvgIpc) is 2.93. The fourth-order valence-corrected chi connectivity index (χ4v) is 5.57. The summed E-state index contributed by atoms with van der Waals surface area (Å²) < 4.78 is 31.6. The van der Waals surface area contributed by atoms with Crippen LogP contribution >= 0.6 is 0 Å². The topological polar surface area (TPSA) is 96.0 Å². The number of hydrogen-bond acceptors (Lipinski definition) is 5. The van der Waals surface area contributed by atoms with Crippen LogP contribution in [-0.4, -0.2) is 57.6 Å². The van der Waals surface area contributed by atoms with Gasteiger partial charge in [-0.15, -0.1) is 0 Å². The first-order valence-electron chi connectivity index (χ1n) is 13.4. The minimum atomic E-state index is -3.58. The molecule has 3 rings (SSSR count). The molecule has 0 saturated heterocycles. The number of anilines is 1. The van der Waals surface area contributed by atoms with Gasteiger partial charge in [-0.25, -0.2) is 8.42 Å². The Morgan fingerprint density at radius 1 is 0.950 bits per heavy atom.